The Kier molecular flexibility index (Phi) is 8.09. The van der Waals surface area contributed by atoms with Crippen LogP contribution in [0.3, 0.4) is 0 Å². The minimum absolute atomic E-state index is 0.0438. The van der Waals surface area contributed by atoms with Crippen molar-refractivity contribution in [3.63, 3.8) is 0 Å². The van der Waals surface area contributed by atoms with Gasteiger partial charge in [-0.1, -0.05) is 24.3 Å². The predicted molar refractivity (Wildman–Crippen MR) is 107 cm³/mol. The van der Waals surface area contributed by atoms with Crippen molar-refractivity contribution in [2.45, 2.75) is 20.8 Å². The standard InChI is InChI=1S/C22H25NO5/c1-4-26-19-13-12-16(15-20(19)27-5-2)14-18(22(25)28-6-3)23-21(24)17-10-8-7-9-11-17/h7-15H,4-6H2,1-3H3,(H,23,24). The largest absolute Gasteiger partial charge is 0.490 e. The van der Waals surface area contributed by atoms with Gasteiger partial charge in [0.15, 0.2) is 11.5 Å². The summed E-state index contributed by atoms with van der Waals surface area (Å²) in [6.45, 7) is 6.66. The minimum atomic E-state index is -0.612. The number of amides is 1. The van der Waals surface area contributed by atoms with E-state index in [-0.39, 0.29) is 12.3 Å². The van der Waals surface area contributed by atoms with Crippen molar-refractivity contribution in [3.8, 4) is 11.5 Å². The summed E-state index contributed by atoms with van der Waals surface area (Å²) >= 11 is 0. The third kappa shape index (κ3) is 5.87. The molecule has 148 valence electrons. The highest BCUT2D eigenvalue weighted by molar-refractivity contribution is 6.03. The Balaban J connectivity index is 2.34. The molecule has 0 saturated carbocycles. The Hall–Kier alpha value is -3.28. The molecule has 0 aliphatic carbocycles. The second-order valence-electron chi connectivity index (χ2n) is 5.67. The van der Waals surface area contributed by atoms with Crippen molar-refractivity contribution in [1.29, 1.82) is 0 Å². The molecule has 2 aromatic carbocycles. The summed E-state index contributed by atoms with van der Waals surface area (Å²) in [7, 11) is 0. The van der Waals surface area contributed by atoms with E-state index in [9.17, 15) is 9.59 Å². The van der Waals surface area contributed by atoms with Gasteiger partial charge in [0.25, 0.3) is 5.91 Å². The van der Waals surface area contributed by atoms with E-state index in [0.29, 0.717) is 35.8 Å². The topological polar surface area (TPSA) is 73.9 Å². The Morgan fingerprint density at radius 1 is 0.893 bits per heavy atom. The molecule has 0 spiro atoms. The average molecular weight is 383 g/mol. The fourth-order valence-corrected chi connectivity index (χ4v) is 2.46. The van der Waals surface area contributed by atoms with Crippen molar-refractivity contribution < 1.29 is 23.8 Å². The molecule has 0 aliphatic rings. The van der Waals surface area contributed by atoms with E-state index in [1.807, 2.05) is 19.9 Å². The van der Waals surface area contributed by atoms with Crippen LogP contribution in [0.1, 0.15) is 36.7 Å². The van der Waals surface area contributed by atoms with Crippen LogP contribution in [0.15, 0.2) is 54.2 Å². The third-order valence-corrected chi connectivity index (χ3v) is 3.66. The molecule has 6 heteroatoms. The molecule has 0 aromatic heterocycles. The van der Waals surface area contributed by atoms with E-state index in [2.05, 4.69) is 5.32 Å². The van der Waals surface area contributed by atoms with E-state index in [1.54, 1.807) is 55.5 Å². The molecule has 0 heterocycles. The van der Waals surface area contributed by atoms with Gasteiger partial charge >= 0.3 is 5.97 Å². The van der Waals surface area contributed by atoms with Gasteiger partial charge < -0.3 is 19.5 Å². The van der Waals surface area contributed by atoms with Crippen LogP contribution < -0.4 is 14.8 Å². The molecule has 0 bridgehead atoms. The SMILES string of the molecule is CCOC(=O)C(=Cc1ccc(OCC)c(OCC)c1)NC(=O)c1ccccc1. The highest BCUT2D eigenvalue weighted by atomic mass is 16.5. The minimum Gasteiger partial charge on any atom is -0.490 e. The van der Waals surface area contributed by atoms with Crippen molar-refractivity contribution in [2.24, 2.45) is 0 Å². The molecule has 1 N–H and O–H groups in total. The van der Waals surface area contributed by atoms with Gasteiger partial charge in [0.2, 0.25) is 0 Å². The molecule has 0 aliphatic heterocycles. The molecule has 0 saturated heterocycles. The van der Waals surface area contributed by atoms with Crippen LogP contribution in [0.5, 0.6) is 11.5 Å². The number of hydrogen-bond acceptors (Lipinski definition) is 5. The van der Waals surface area contributed by atoms with E-state index in [1.165, 1.54) is 0 Å². The highest BCUT2D eigenvalue weighted by Gasteiger charge is 2.16. The first kappa shape index (κ1) is 21.0. The highest BCUT2D eigenvalue weighted by Crippen LogP contribution is 2.29. The van der Waals surface area contributed by atoms with Gasteiger partial charge in [-0.05, 0) is 56.7 Å². The number of rotatable bonds is 9. The lowest BCUT2D eigenvalue weighted by Gasteiger charge is -2.13. The molecule has 0 atom stereocenters. The molecule has 2 aromatic rings. The van der Waals surface area contributed by atoms with Gasteiger partial charge in [-0.2, -0.15) is 0 Å². The Morgan fingerprint density at radius 3 is 2.21 bits per heavy atom. The number of hydrogen-bond donors (Lipinski definition) is 1. The monoisotopic (exact) mass is 383 g/mol. The smallest absolute Gasteiger partial charge is 0.354 e. The zero-order valence-corrected chi connectivity index (χ0v) is 16.4. The molecule has 0 fully saturated rings. The number of nitrogens with one attached hydrogen (secondary N) is 1. The van der Waals surface area contributed by atoms with Gasteiger partial charge in [0, 0.05) is 5.56 Å². The Labute approximate surface area is 165 Å². The van der Waals surface area contributed by atoms with Gasteiger partial charge in [-0.25, -0.2) is 4.79 Å². The molecule has 0 radical (unpaired) electrons. The normalized spacial score (nSPS) is 10.9. The summed E-state index contributed by atoms with van der Waals surface area (Å²) in [5.74, 6) is 0.178. The second-order valence-corrected chi connectivity index (χ2v) is 5.67. The first-order chi connectivity index (χ1) is 13.6. The maximum absolute atomic E-state index is 12.5. The summed E-state index contributed by atoms with van der Waals surface area (Å²) in [6, 6.07) is 14.0. The molecule has 2 rings (SSSR count). The second kappa shape index (κ2) is 10.8. The van der Waals surface area contributed by atoms with E-state index in [4.69, 9.17) is 14.2 Å². The van der Waals surface area contributed by atoms with Crippen LogP contribution in [-0.2, 0) is 9.53 Å². The van der Waals surface area contributed by atoms with E-state index in [0.717, 1.165) is 0 Å². The van der Waals surface area contributed by atoms with Crippen LogP contribution >= 0.6 is 0 Å². The molecule has 28 heavy (non-hydrogen) atoms. The maximum atomic E-state index is 12.5. The first-order valence-electron chi connectivity index (χ1n) is 9.23. The third-order valence-electron chi connectivity index (χ3n) is 3.66. The van der Waals surface area contributed by atoms with Gasteiger partial charge in [0.05, 0.1) is 19.8 Å². The van der Waals surface area contributed by atoms with Crippen molar-refractivity contribution in [3.05, 3.63) is 65.4 Å². The summed E-state index contributed by atoms with van der Waals surface area (Å²) in [6.07, 6.45) is 1.55. The molecule has 1 amide bonds. The fourth-order valence-electron chi connectivity index (χ4n) is 2.46. The summed E-state index contributed by atoms with van der Waals surface area (Å²) in [4.78, 5) is 24.8. The molecule has 0 unspecified atom stereocenters. The number of carbonyl (C=O) groups is 2. The number of ether oxygens (including phenoxy) is 3. The molecule has 6 nitrogen and oxygen atoms in total. The van der Waals surface area contributed by atoms with Crippen LogP contribution in [0.4, 0.5) is 0 Å². The first-order valence-corrected chi connectivity index (χ1v) is 9.23. The molecular formula is C22H25NO5. The summed E-state index contributed by atoms with van der Waals surface area (Å²) in [5.41, 5.74) is 1.16. The maximum Gasteiger partial charge on any atom is 0.354 e. The van der Waals surface area contributed by atoms with Crippen LogP contribution in [-0.4, -0.2) is 31.7 Å². The van der Waals surface area contributed by atoms with Gasteiger partial charge in [-0.3, -0.25) is 4.79 Å². The van der Waals surface area contributed by atoms with Crippen LogP contribution in [0, 0.1) is 0 Å². The van der Waals surface area contributed by atoms with Crippen LogP contribution in [0.2, 0.25) is 0 Å². The zero-order chi connectivity index (χ0) is 20.4. The van der Waals surface area contributed by atoms with Crippen molar-refractivity contribution >= 4 is 18.0 Å². The lowest BCUT2D eigenvalue weighted by atomic mass is 10.1. The quantitative estimate of drug-likeness (QED) is 0.526. The van der Waals surface area contributed by atoms with E-state index >= 15 is 0 Å². The lowest BCUT2D eigenvalue weighted by molar-refractivity contribution is -0.138. The molecular weight excluding hydrogens is 358 g/mol. The van der Waals surface area contributed by atoms with Gasteiger partial charge in [0.1, 0.15) is 5.70 Å². The predicted octanol–water partition coefficient (Wildman–Crippen LogP) is 3.82. The fraction of sp³-hybridized carbons (Fsp3) is 0.273. The van der Waals surface area contributed by atoms with Crippen LogP contribution in [0.25, 0.3) is 6.08 Å². The number of esters is 1. The average Bonchev–Trinajstić information content (AvgIpc) is 2.70. The van der Waals surface area contributed by atoms with Crippen molar-refractivity contribution in [1.82, 2.24) is 5.32 Å². The Bertz CT molecular complexity index is 830. The number of benzene rings is 2. The van der Waals surface area contributed by atoms with Gasteiger partial charge in [-0.15, -0.1) is 0 Å². The van der Waals surface area contributed by atoms with E-state index < -0.39 is 11.9 Å². The summed E-state index contributed by atoms with van der Waals surface area (Å²) in [5, 5.41) is 2.63. The van der Waals surface area contributed by atoms with Crippen molar-refractivity contribution in [2.75, 3.05) is 19.8 Å². The Morgan fingerprint density at radius 2 is 1.57 bits per heavy atom. The lowest BCUT2D eigenvalue weighted by Crippen LogP contribution is -2.28. The summed E-state index contributed by atoms with van der Waals surface area (Å²) < 4.78 is 16.2. The zero-order valence-electron chi connectivity index (χ0n) is 16.4. The number of carbonyl (C=O) groups excluding carboxylic acids is 2.